The normalized spacial score (nSPS) is 16.5. The van der Waals surface area contributed by atoms with Gasteiger partial charge in [-0.1, -0.05) is 6.92 Å². The van der Waals surface area contributed by atoms with Gasteiger partial charge in [0.1, 0.15) is 0 Å². The number of halogens is 1. The molecule has 0 aromatic heterocycles. The van der Waals surface area contributed by atoms with Crippen molar-refractivity contribution in [1.29, 1.82) is 0 Å². The molecular weight excluding hydrogens is 174 g/mol. The van der Waals surface area contributed by atoms with Crippen LogP contribution in [0, 0.1) is 10.1 Å². The van der Waals surface area contributed by atoms with Gasteiger partial charge in [0, 0.05) is 11.3 Å². The molecule has 0 aromatic rings. The summed E-state index contributed by atoms with van der Waals surface area (Å²) < 4.78 is 0. The summed E-state index contributed by atoms with van der Waals surface area (Å²) in [6, 6.07) is 0. The molecule has 66 valence electrons. The Kier molecular flexibility index (Phi) is 3.71. The van der Waals surface area contributed by atoms with Crippen LogP contribution in [-0.4, -0.2) is 26.4 Å². The van der Waals surface area contributed by atoms with Crippen LogP contribution in [0.2, 0.25) is 0 Å². The first-order valence-electron chi connectivity index (χ1n) is 3.12. The third-order valence-corrected chi connectivity index (χ3v) is 1.92. The SMILES string of the molecule is CCC(Cl)(CC(O)O)[N+](=O)[O-]. The van der Waals surface area contributed by atoms with E-state index in [4.69, 9.17) is 21.8 Å². The Hall–Kier alpha value is -0.390. The molecule has 5 nitrogen and oxygen atoms in total. The van der Waals surface area contributed by atoms with E-state index in [2.05, 4.69) is 0 Å². The minimum Gasteiger partial charge on any atom is -0.368 e. The Morgan fingerprint density at radius 1 is 1.73 bits per heavy atom. The number of hydrogen-bond acceptors (Lipinski definition) is 4. The lowest BCUT2D eigenvalue weighted by molar-refractivity contribution is -0.547. The summed E-state index contributed by atoms with van der Waals surface area (Å²) in [7, 11) is 0. The van der Waals surface area contributed by atoms with Crippen LogP contribution in [0.15, 0.2) is 0 Å². The van der Waals surface area contributed by atoms with Crippen molar-refractivity contribution >= 4 is 11.6 Å². The fourth-order valence-electron chi connectivity index (χ4n) is 0.628. The highest BCUT2D eigenvalue weighted by Crippen LogP contribution is 2.25. The van der Waals surface area contributed by atoms with Crippen LogP contribution >= 0.6 is 11.6 Å². The van der Waals surface area contributed by atoms with Gasteiger partial charge in [-0.2, -0.15) is 0 Å². The number of aliphatic hydroxyl groups is 2. The molecule has 1 unspecified atom stereocenters. The van der Waals surface area contributed by atoms with Crippen LogP contribution in [0.4, 0.5) is 0 Å². The van der Waals surface area contributed by atoms with E-state index in [-0.39, 0.29) is 6.42 Å². The van der Waals surface area contributed by atoms with Crippen LogP contribution in [0.5, 0.6) is 0 Å². The second kappa shape index (κ2) is 3.85. The summed E-state index contributed by atoms with van der Waals surface area (Å²) in [5.74, 6) is 0. The number of nitro groups is 1. The molecule has 0 aliphatic carbocycles. The highest BCUT2D eigenvalue weighted by molar-refractivity contribution is 6.22. The lowest BCUT2D eigenvalue weighted by Gasteiger charge is -2.16. The van der Waals surface area contributed by atoms with E-state index in [0.29, 0.717) is 0 Å². The maximum absolute atomic E-state index is 10.2. The van der Waals surface area contributed by atoms with Crippen LogP contribution in [-0.2, 0) is 0 Å². The summed E-state index contributed by atoms with van der Waals surface area (Å²) in [6.45, 7) is 1.51. The molecule has 0 aromatic carbocycles. The lowest BCUT2D eigenvalue weighted by Crippen LogP contribution is -2.35. The lowest BCUT2D eigenvalue weighted by atomic mass is 10.1. The summed E-state index contributed by atoms with van der Waals surface area (Å²) in [4.78, 5) is 7.78. The van der Waals surface area contributed by atoms with Gasteiger partial charge in [0.15, 0.2) is 6.29 Å². The van der Waals surface area contributed by atoms with E-state index in [9.17, 15) is 10.1 Å². The van der Waals surface area contributed by atoms with Gasteiger partial charge in [-0.15, -0.1) is 0 Å². The van der Waals surface area contributed by atoms with Gasteiger partial charge in [-0.25, -0.2) is 0 Å². The first-order chi connectivity index (χ1) is 4.92. The number of alkyl halides is 1. The van der Waals surface area contributed by atoms with Gasteiger partial charge >= 0.3 is 0 Å². The first kappa shape index (κ1) is 10.6. The second-order valence-corrected chi connectivity index (χ2v) is 2.92. The van der Waals surface area contributed by atoms with Crippen molar-refractivity contribution < 1.29 is 15.1 Å². The summed E-state index contributed by atoms with van der Waals surface area (Å²) in [5, 5.41) is 27.1. The third kappa shape index (κ3) is 3.00. The first-order valence-corrected chi connectivity index (χ1v) is 3.49. The number of hydrogen-bond donors (Lipinski definition) is 2. The van der Waals surface area contributed by atoms with Gasteiger partial charge in [0.2, 0.25) is 0 Å². The maximum atomic E-state index is 10.2. The van der Waals surface area contributed by atoms with E-state index >= 15 is 0 Å². The summed E-state index contributed by atoms with van der Waals surface area (Å²) >= 11 is 5.43. The minimum atomic E-state index is -1.74. The molecule has 0 bridgehead atoms. The molecule has 0 spiro atoms. The van der Waals surface area contributed by atoms with Crippen molar-refractivity contribution in [2.24, 2.45) is 0 Å². The van der Waals surface area contributed by atoms with Crippen molar-refractivity contribution in [1.82, 2.24) is 0 Å². The fraction of sp³-hybridized carbons (Fsp3) is 1.00. The zero-order valence-electron chi connectivity index (χ0n) is 6.03. The largest absolute Gasteiger partial charge is 0.368 e. The minimum absolute atomic E-state index is 0.0547. The molecule has 1 atom stereocenters. The summed E-state index contributed by atoms with van der Waals surface area (Å²) in [6.07, 6.45) is -2.14. The van der Waals surface area contributed by atoms with Crippen LogP contribution in [0.1, 0.15) is 19.8 Å². The van der Waals surface area contributed by atoms with Crippen molar-refractivity contribution in [2.75, 3.05) is 0 Å². The van der Waals surface area contributed by atoms with E-state index in [1.807, 2.05) is 0 Å². The molecule has 0 fully saturated rings. The highest BCUT2D eigenvalue weighted by atomic mass is 35.5. The van der Waals surface area contributed by atoms with E-state index in [0.717, 1.165) is 0 Å². The molecule has 0 aliphatic heterocycles. The van der Waals surface area contributed by atoms with Crippen molar-refractivity contribution in [2.45, 2.75) is 31.1 Å². The Balaban J connectivity index is 4.22. The molecule has 0 amide bonds. The maximum Gasteiger partial charge on any atom is 0.299 e. The Morgan fingerprint density at radius 2 is 2.18 bits per heavy atom. The Bertz CT molecular complexity index is 151. The molecule has 0 heterocycles. The van der Waals surface area contributed by atoms with Gasteiger partial charge in [-0.3, -0.25) is 10.1 Å². The standard InChI is InChI=1S/C5H10ClNO4/c1-2-5(6,7(10)11)3-4(8)9/h4,8-9H,2-3H2,1H3. The smallest absolute Gasteiger partial charge is 0.299 e. The van der Waals surface area contributed by atoms with Crippen molar-refractivity contribution in [3.05, 3.63) is 10.1 Å². The highest BCUT2D eigenvalue weighted by Gasteiger charge is 2.40. The van der Waals surface area contributed by atoms with Gasteiger partial charge in [0.05, 0.1) is 6.42 Å². The zero-order valence-corrected chi connectivity index (χ0v) is 6.78. The molecule has 6 heteroatoms. The molecule has 0 aliphatic rings. The van der Waals surface area contributed by atoms with Crippen molar-refractivity contribution in [3.8, 4) is 0 Å². The predicted molar refractivity (Wildman–Crippen MR) is 38.7 cm³/mol. The van der Waals surface area contributed by atoms with Gasteiger partial charge in [-0.05, 0) is 11.6 Å². The van der Waals surface area contributed by atoms with E-state index in [1.54, 1.807) is 0 Å². The van der Waals surface area contributed by atoms with Gasteiger partial charge < -0.3 is 10.2 Å². The molecule has 2 N–H and O–H groups in total. The number of nitrogens with zero attached hydrogens (tertiary/aromatic N) is 1. The monoisotopic (exact) mass is 183 g/mol. The average molecular weight is 184 g/mol. The van der Waals surface area contributed by atoms with Crippen LogP contribution in [0.25, 0.3) is 0 Å². The average Bonchev–Trinajstić information content (AvgIpc) is 1.86. The predicted octanol–water partition coefficient (Wildman–Crippen LogP) is 0.309. The topological polar surface area (TPSA) is 83.6 Å². The molecule has 0 saturated heterocycles. The Morgan fingerprint density at radius 3 is 2.27 bits per heavy atom. The van der Waals surface area contributed by atoms with Crippen LogP contribution < -0.4 is 0 Å². The quantitative estimate of drug-likeness (QED) is 0.216. The van der Waals surface area contributed by atoms with E-state index < -0.39 is 22.6 Å². The molecule has 11 heavy (non-hydrogen) atoms. The Labute approximate surface area is 68.7 Å². The van der Waals surface area contributed by atoms with Gasteiger partial charge in [0.25, 0.3) is 5.00 Å². The molecular formula is C5H10ClNO4. The summed E-state index contributed by atoms with van der Waals surface area (Å²) in [5.41, 5.74) is 0. The molecule has 0 radical (unpaired) electrons. The second-order valence-electron chi connectivity index (χ2n) is 2.21. The zero-order chi connectivity index (χ0) is 9.07. The fourth-order valence-corrected chi connectivity index (χ4v) is 0.766. The van der Waals surface area contributed by atoms with Crippen molar-refractivity contribution in [3.63, 3.8) is 0 Å². The van der Waals surface area contributed by atoms with Crippen LogP contribution in [0.3, 0.4) is 0 Å². The number of rotatable bonds is 4. The number of aliphatic hydroxyl groups excluding tert-OH is 1. The molecule has 0 rings (SSSR count). The third-order valence-electron chi connectivity index (χ3n) is 1.36. The molecule has 0 saturated carbocycles. The van der Waals surface area contributed by atoms with E-state index in [1.165, 1.54) is 6.92 Å².